The van der Waals surface area contributed by atoms with Gasteiger partial charge in [0, 0.05) is 35.4 Å². The maximum Gasteiger partial charge on any atom is 0.113 e. The smallest absolute Gasteiger partial charge is 0.113 e. The molecular formula is C29H29ClN2. The van der Waals surface area contributed by atoms with Gasteiger partial charge in [0.05, 0.1) is 0 Å². The molecule has 1 aromatic heterocycles. The fourth-order valence-electron chi connectivity index (χ4n) is 3.67. The van der Waals surface area contributed by atoms with E-state index in [1.54, 1.807) is 0 Å². The van der Waals surface area contributed by atoms with Crippen LogP contribution >= 0.6 is 11.6 Å². The highest BCUT2D eigenvalue weighted by Crippen LogP contribution is 2.29. The Kier molecular flexibility index (Phi) is 7.77. The molecule has 0 atom stereocenters. The van der Waals surface area contributed by atoms with Crippen molar-refractivity contribution >= 4 is 17.7 Å². The molecule has 162 valence electrons. The van der Waals surface area contributed by atoms with Gasteiger partial charge in [-0.25, -0.2) is 4.98 Å². The molecule has 0 spiro atoms. The SMILES string of the molecule is CCCN(CC=Cc1ccc(C#Cc2ccc(-c3ccc(Cl)cc3)cn2)cc1)CC1CC1. The first kappa shape index (κ1) is 22.3. The first-order chi connectivity index (χ1) is 15.7. The van der Waals surface area contributed by atoms with Crippen LogP contribution in [-0.4, -0.2) is 29.5 Å². The summed E-state index contributed by atoms with van der Waals surface area (Å²) >= 11 is 5.96. The summed E-state index contributed by atoms with van der Waals surface area (Å²) in [7, 11) is 0. The van der Waals surface area contributed by atoms with Gasteiger partial charge in [-0.1, -0.05) is 66.9 Å². The molecule has 0 bridgehead atoms. The molecule has 4 rings (SSSR count). The standard InChI is InChI=1S/C29H29ClN2/c1-2-19-32(22-25-9-10-25)20-3-4-23-5-7-24(8-6-23)11-17-29-18-14-27(21-31-29)26-12-15-28(30)16-13-26/h3-8,12-16,18,21,25H,2,9-10,19-20,22H2,1H3. The maximum atomic E-state index is 5.96. The van der Waals surface area contributed by atoms with Crippen LogP contribution in [0.4, 0.5) is 0 Å². The Morgan fingerprint density at radius 1 is 0.969 bits per heavy atom. The number of benzene rings is 2. The summed E-state index contributed by atoms with van der Waals surface area (Å²) in [6, 6.07) is 20.2. The van der Waals surface area contributed by atoms with Crippen LogP contribution in [0.1, 0.15) is 43.0 Å². The largest absolute Gasteiger partial charge is 0.299 e. The van der Waals surface area contributed by atoms with Gasteiger partial charge in [0.2, 0.25) is 0 Å². The minimum absolute atomic E-state index is 0.734. The molecule has 1 heterocycles. The van der Waals surface area contributed by atoms with Crippen LogP contribution in [0.25, 0.3) is 17.2 Å². The zero-order chi connectivity index (χ0) is 22.2. The third kappa shape index (κ3) is 6.82. The fraction of sp³-hybridized carbons (Fsp3) is 0.276. The van der Waals surface area contributed by atoms with Crippen LogP contribution in [0.3, 0.4) is 0 Å². The van der Waals surface area contributed by atoms with Gasteiger partial charge in [-0.05, 0) is 79.1 Å². The normalized spacial score (nSPS) is 13.3. The first-order valence-corrected chi connectivity index (χ1v) is 11.8. The van der Waals surface area contributed by atoms with Crippen LogP contribution in [-0.2, 0) is 0 Å². The van der Waals surface area contributed by atoms with E-state index in [-0.39, 0.29) is 0 Å². The van der Waals surface area contributed by atoms with E-state index in [1.807, 2.05) is 42.6 Å². The Hall–Kier alpha value is -2.86. The summed E-state index contributed by atoms with van der Waals surface area (Å²) in [4.78, 5) is 7.05. The zero-order valence-electron chi connectivity index (χ0n) is 18.6. The second-order valence-electron chi connectivity index (χ2n) is 8.42. The van der Waals surface area contributed by atoms with Crippen molar-refractivity contribution in [1.29, 1.82) is 0 Å². The van der Waals surface area contributed by atoms with E-state index in [0.717, 1.165) is 39.9 Å². The third-order valence-corrected chi connectivity index (χ3v) is 5.87. The average Bonchev–Trinajstić information content (AvgIpc) is 3.64. The predicted octanol–water partition coefficient (Wildman–Crippen LogP) is 6.94. The summed E-state index contributed by atoms with van der Waals surface area (Å²) in [6.45, 7) is 5.72. The highest BCUT2D eigenvalue weighted by atomic mass is 35.5. The maximum absolute atomic E-state index is 5.96. The number of pyridine rings is 1. The quantitative estimate of drug-likeness (QED) is 0.353. The van der Waals surface area contributed by atoms with Gasteiger partial charge in [-0.15, -0.1) is 0 Å². The van der Waals surface area contributed by atoms with E-state index in [9.17, 15) is 0 Å². The van der Waals surface area contributed by atoms with Crippen molar-refractivity contribution in [2.75, 3.05) is 19.6 Å². The number of nitrogens with zero attached hydrogens (tertiary/aromatic N) is 2. The Bertz CT molecular complexity index is 1080. The van der Waals surface area contributed by atoms with Crippen LogP contribution in [0.2, 0.25) is 5.02 Å². The zero-order valence-corrected chi connectivity index (χ0v) is 19.4. The molecule has 1 aliphatic carbocycles. The van der Waals surface area contributed by atoms with Gasteiger partial charge >= 0.3 is 0 Å². The van der Waals surface area contributed by atoms with E-state index in [4.69, 9.17) is 11.6 Å². The predicted molar refractivity (Wildman–Crippen MR) is 136 cm³/mol. The lowest BCUT2D eigenvalue weighted by Gasteiger charge is -2.19. The van der Waals surface area contributed by atoms with Crippen molar-refractivity contribution in [3.8, 4) is 23.0 Å². The monoisotopic (exact) mass is 440 g/mol. The Morgan fingerprint density at radius 2 is 1.72 bits per heavy atom. The van der Waals surface area contributed by atoms with Crippen LogP contribution < -0.4 is 0 Å². The molecule has 2 nitrogen and oxygen atoms in total. The van der Waals surface area contributed by atoms with Gasteiger partial charge in [0.25, 0.3) is 0 Å². The Labute approximate surface area is 197 Å². The second-order valence-corrected chi connectivity index (χ2v) is 8.85. The van der Waals surface area contributed by atoms with Crippen molar-refractivity contribution in [2.24, 2.45) is 5.92 Å². The summed E-state index contributed by atoms with van der Waals surface area (Å²) in [5.74, 6) is 7.31. The number of hydrogen-bond donors (Lipinski definition) is 0. The Morgan fingerprint density at radius 3 is 2.38 bits per heavy atom. The second kappa shape index (κ2) is 11.1. The lowest BCUT2D eigenvalue weighted by molar-refractivity contribution is 0.291. The number of halogens is 1. The minimum atomic E-state index is 0.734. The number of rotatable bonds is 8. The molecule has 0 saturated heterocycles. The lowest BCUT2D eigenvalue weighted by Crippen LogP contribution is -2.26. The molecule has 0 N–H and O–H groups in total. The summed E-state index contributed by atoms with van der Waals surface area (Å²) in [6.07, 6.45) is 10.4. The first-order valence-electron chi connectivity index (χ1n) is 11.4. The topological polar surface area (TPSA) is 16.1 Å². The number of hydrogen-bond acceptors (Lipinski definition) is 2. The van der Waals surface area contributed by atoms with Gasteiger partial charge in [0.1, 0.15) is 5.69 Å². The molecule has 1 aliphatic rings. The van der Waals surface area contributed by atoms with Crippen LogP contribution in [0.15, 0.2) is 72.9 Å². The molecule has 0 amide bonds. The van der Waals surface area contributed by atoms with E-state index in [1.165, 1.54) is 37.9 Å². The number of aromatic nitrogens is 1. The highest BCUT2D eigenvalue weighted by Gasteiger charge is 2.23. The van der Waals surface area contributed by atoms with E-state index in [0.29, 0.717) is 0 Å². The van der Waals surface area contributed by atoms with Crippen molar-refractivity contribution < 1.29 is 0 Å². The Balaban J connectivity index is 1.33. The summed E-state index contributed by atoms with van der Waals surface area (Å²) in [5, 5.41) is 0.734. The fourth-order valence-corrected chi connectivity index (χ4v) is 3.80. The van der Waals surface area contributed by atoms with E-state index in [2.05, 4.69) is 65.1 Å². The van der Waals surface area contributed by atoms with Gasteiger partial charge < -0.3 is 0 Å². The van der Waals surface area contributed by atoms with Crippen molar-refractivity contribution in [3.05, 3.63) is 94.8 Å². The molecule has 32 heavy (non-hydrogen) atoms. The molecule has 0 radical (unpaired) electrons. The highest BCUT2D eigenvalue weighted by molar-refractivity contribution is 6.30. The third-order valence-electron chi connectivity index (χ3n) is 5.61. The van der Waals surface area contributed by atoms with Crippen molar-refractivity contribution in [3.63, 3.8) is 0 Å². The van der Waals surface area contributed by atoms with E-state index >= 15 is 0 Å². The molecule has 3 aromatic rings. The molecule has 0 unspecified atom stereocenters. The molecule has 3 heteroatoms. The molecule has 2 aromatic carbocycles. The molecule has 1 saturated carbocycles. The van der Waals surface area contributed by atoms with Gasteiger partial charge in [-0.2, -0.15) is 0 Å². The summed E-state index contributed by atoms with van der Waals surface area (Å²) in [5.41, 5.74) is 5.11. The minimum Gasteiger partial charge on any atom is -0.299 e. The molecule has 0 aliphatic heterocycles. The van der Waals surface area contributed by atoms with Crippen LogP contribution in [0, 0.1) is 17.8 Å². The van der Waals surface area contributed by atoms with E-state index < -0.39 is 0 Å². The van der Waals surface area contributed by atoms with Crippen LogP contribution in [0.5, 0.6) is 0 Å². The summed E-state index contributed by atoms with van der Waals surface area (Å²) < 4.78 is 0. The lowest BCUT2D eigenvalue weighted by atomic mass is 10.1. The van der Waals surface area contributed by atoms with Gasteiger partial charge in [0.15, 0.2) is 0 Å². The van der Waals surface area contributed by atoms with Crippen molar-refractivity contribution in [1.82, 2.24) is 9.88 Å². The molecular weight excluding hydrogens is 412 g/mol. The van der Waals surface area contributed by atoms with Gasteiger partial charge in [-0.3, -0.25) is 4.90 Å². The molecule has 1 fully saturated rings. The van der Waals surface area contributed by atoms with Crippen molar-refractivity contribution in [2.45, 2.75) is 26.2 Å². The average molecular weight is 441 g/mol.